The van der Waals surface area contributed by atoms with Crippen LogP contribution in [0.3, 0.4) is 0 Å². The van der Waals surface area contributed by atoms with Crippen molar-refractivity contribution in [3.05, 3.63) is 213 Å². The molecule has 0 atom stereocenters. The maximum Gasteiger partial charge on any atom is 0.416 e. The summed E-state index contributed by atoms with van der Waals surface area (Å²) in [7, 11) is 2.70. The second kappa shape index (κ2) is 20.4. The molecule has 1 amide bonds. The molecule has 10 rings (SSSR count). The highest BCUT2D eigenvalue weighted by atomic mass is 19.4. The van der Waals surface area contributed by atoms with E-state index in [0.717, 1.165) is 66.6 Å². The van der Waals surface area contributed by atoms with Gasteiger partial charge in [0.1, 0.15) is 5.56 Å². The standard InChI is InChI=1S/C27H22F3N3O3.C16H11F3N2O2.C11H13NO2/c1-36-25(35)18-6-10-20(11-7-18)26(12-13-26)32-24(34)22-16-31-33-14-2-3-19(23(22)33)15-17-4-8-21(9-5-17)27(28,29)30;17-16(18,19)12-5-3-10(4-6-12)8-11-2-1-7-21-14(11)13(9-20-21)15(22)23;1-14-10(13)8-2-4-9(5-3-8)11(12)6-7-11/h2-11,14,16H,12-13,15H2,1H3,(H,32,34);1-7,9H,8H2,(H,22,23);2-5H,6-7,12H2,1H3. The molecular formula is C54H46F6N6O7. The maximum atomic E-state index is 13.4. The van der Waals surface area contributed by atoms with E-state index in [0.29, 0.717) is 57.3 Å². The number of pyridine rings is 2. The zero-order valence-electron chi connectivity index (χ0n) is 39.1. The minimum absolute atomic E-state index is 0.0625. The molecular weight excluding hydrogens is 959 g/mol. The number of carboxylic acid groups (broad SMARTS) is 1. The Morgan fingerprint density at radius 3 is 1.40 bits per heavy atom. The molecule has 4 aromatic carbocycles. The molecule has 13 nitrogen and oxygen atoms in total. The molecule has 376 valence electrons. The van der Waals surface area contributed by atoms with Crippen LogP contribution in [0, 0.1) is 0 Å². The molecule has 0 aliphatic heterocycles. The number of hydrogen-bond acceptors (Lipinski definition) is 9. The number of aromatic nitrogens is 4. The number of amides is 1. The average molecular weight is 1000 g/mol. The van der Waals surface area contributed by atoms with Gasteiger partial charge in [0.15, 0.2) is 0 Å². The number of carbonyl (C=O) groups is 4. The predicted octanol–water partition coefficient (Wildman–Crippen LogP) is 10.2. The zero-order valence-corrected chi connectivity index (χ0v) is 39.1. The third-order valence-corrected chi connectivity index (χ3v) is 12.7. The quantitative estimate of drug-likeness (QED) is 0.0834. The van der Waals surface area contributed by atoms with Crippen LogP contribution in [0.1, 0.15) is 112 Å². The zero-order chi connectivity index (χ0) is 52.3. The number of nitrogens with zero attached hydrogens (tertiary/aromatic N) is 4. The molecule has 0 saturated heterocycles. The minimum atomic E-state index is -4.40. The van der Waals surface area contributed by atoms with Gasteiger partial charge in [-0.05, 0) is 133 Å². The molecule has 2 saturated carbocycles. The number of rotatable bonds is 11. The Hall–Kier alpha value is -8.32. The Kier molecular flexibility index (Phi) is 14.3. The minimum Gasteiger partial charge on any atom is -0.478 e. The van der Waals surface area contributed by atoms with Crippen LogP contribution < -0.4 is 11.1 Å². The van der Waals surface area contributed by atoms with E-state index >= 15 is 0 Å². The molecule has 4 heterocycles. The third-order valence-electron chi connectivity index (χ3n) is 12.7. The molecule has 0 unspecified atom stereocenters. The van der Waals surface area contributed by atoms with Crippen LogP contribution in [-0.2, 0) is 45.7 Å². The van der Waals surface area contributed by atoms with Gasteiger partial charge in [-0.15, -0.1) is 0 Å². The second-order valence-electron chi connectivity index (χ2n) is 17.6. The highest BCUT2D eigenvalue weighted by Gasteiger charge is 2.46. The number of aromatic carboxylic acids is 1. The first-order valence-corrected chi connectivity index (χ1v) is 22.7. The van der Waals surface area contributed by atoms with Crippen LogP contribution in [0.15, 0.2) is 146 Å². The summed E-state index contributed by atoms with van der Waals surface area (Å²) in [6.07, 6.45) is 1.57. The van der Waals surface area contributed by atoms with Crippen molar-refractivity contribution in [1.82, 2.24) is 24.5 Å². The van der Waals surface area contributed by atoms with E-state index < -0.39 is 41.0 Å². The van der Waals surface area contributed by atoms with Crippen molar-refractivity contribution in [1.29, 1.82) is 0 Å². The molecule has 2 fully saturated rings. The Morgan fingerprint density at radius 1 is 0.603 bits per heavy atom. The number of carboxylic acids is 1. The van der Waals surface area contributed by atoms with E-state index in [-0.39, 0.29) is 23.0 Å². The van der Waals surface area contributed by atoms with Gasteiger partial charge in [0.25, 0.3) is 5.91 Å². The van der Waals surface area contributed by atoms with Crippen LogP contribution in [0.25, 0.3) is 11.0 Å². The van der Waals surface area contributed by atoms with Crippen molar-refractivity contribution in [2.45, 2.75) is 62.0 Å². The number of methoxy groups -OCH3 is 2. The summed E-state index contributed by atoms with van der Waals surface area (Å²) in [5.74, 6) is -2.12. The van der Waals surface area contributed by atoms with Gasteiger partial charge in [-0.25, -0.2) is 23.4 Å². The lowest BCUT2D eigenvalue weighted by Gasteiger charge is -2.18. The van der Waals surface area contributed by atoms with Gasteiger partial charge in [-0.1, -0.05) is 60.7 Å². The summed E-state index contributed by atoms with van der Waals surface area (Å²) < 4.78 is 88.9. The van der Waals surface area contributed by atoms with E-state index in [1.54, 1.807) is 59.4 Å². The maximum absolute atomic E-state index is 13.4. The Balaban J connectivity index is 0.000000163. The molecule has 2 aliphatic rings. The molecule has 0 spiro atoms. The number of halogens is 6. The van der Waals surface area contributed by atoms with E-state index in [1.807, 2.05) is 30.3 Å². The average Bonchev–Trinajstić information content (AvgIpc) is 4.22. The van der Waals surface area contributed by atoms with Crippen molar-refractivity contribution in [3.63, 3.8) is 0 Å². The summed E-state index contributed by atoms with van der Waals surface area (Å²) in [4.78, 5) is 47.5. The summed E-state index contributed by atoms with van der Waals surface area (Å²) in [5, 5.41) is 20.6. The highest BCUT2D eigenvalue weighted by Crippen LogP contribution is 2.46. The number of benzene rings is 4. The Morgan fingerprint density at radius 2 is 1.01 bits per heavy atom. The molecule has 8 aromatic rings. The Labute approximate surface area is 413 Å². The van der Waals surface area contributed by atoms with E-state index in [4.69, 9.17) is 10.5 Å². The van der Waals surface area contributed by atoms with Crippen LogP contribution in [-0.4, -0.2) is 62.4 Å². The lowest BCUT2D eigenvalue weighted by Crippen LogP contribution is -2.34. The fourth-order valence-electron chi connectivity index (χ4n) is 8.32. The summed E-state index contributed by atoms with van der Waals surface area (Å²) in [6, 6.07) is 31.2. The lowest BCUT2D eigenvalue weighted by atomic mass is 10.0. The number of esters is 2. The first kappa shape index (κ1) is 51.0. The largest absolute Gasteiger partial charge is 0.478 e. The van der Waals surface area contributed by atoms with Gasteiger partial charge in [-0.3, -0.25) is 4.79 Å². The number of ether oxygens (including phenoxy) is 2. The number of carbonyl (C=O) groups excluding carboxylic acids is 3. The number of nitrogens with two attached hydrogens (primary N) is 1. The number of hydrogen-bond donors (Lipinski definition) is 3. The summed E-state index contributed by atoms with van der Waals surface area (Å²) in [5.41, 5.74) is 11.2. The topological polar surface area (TPSA) is 180 Å². The number of nitrogens with one attached hydrogen (secondary N) is 1. The monoisotopic (exact) mass is 1000 g/mol. The summed E-state index contributed by atoms with van der Waals surface area (Å²) in [6.45, 7) is 0. The SMILES string of the molecule is COC(=O)c1ccc(C2(N)CC2)cc1.COC(=O)c1ccc(C2(NC(=O)c3cnn4cccc(Cc5ccc(C(F)(F)F)cc5)c34)CC2)cc1.O=C(O)c1cnn2cccc(Cc3ccc(C(F)(F)F)cc3)c12. The smallest absolute Gasteiger partial charge is 0.416 e. The normalized spacial score (nSPS) is 14.2. The molecule has 4 aromatic heterocycles. The van der Waals surface area contributed by atoms with Gasteiger partial charge in [0, 0.05) is 17.9 Å². The van der Waals surface area contributed by atoms with Gasteiger partial charge in [-0.2, -0.15) is 36.5 Å². The van der Waals surface area contributed by atoms with Gasteiger partial charge < -0.3 is 25.6 Å². The van der Waals surface area contributed by atoms with Crippen LogP contribution >= 0.6 is 0 Å². The fraction of sp³-hybridized carbons (Fsp3) is 0.222. The molecule has 4 N–H and O–H groups in total. The molecule has 2 aliphatic carbocycles. The molecule has 19 heteroatoms. The Bertz CT molecular complexity index is 3310. The van der Waals surface area contributed by atoms with Gasteiger partial charge in [0.05, 0.1) is 71.0 Å². The third kappa shape index (κ3) is 11.6. The van der Waals surface area contributed by atoms with Gasteiger partial charge in [0.2, 0.25) is 0 Å². The van der Waals surface area contributed by atoms with Gasteiger partial charge >= 0.3 is 30.3 Å². The van der Waals surface area contributed by atoms with Crippen LogP contribution in [0.2, 0.25) is 0 Å². The second-order valence-corrected chi connectivity index (χ2v) is 17.6. The predicted molar refractivity (Wildman–Crippen MR) is 255 cm³/mol. The fourth-order valence-corrected chi connectivity index (χ4v) is 8.32. The first-order valence-electron chi connectivity index (χ1n) is 22.7. The molecule has 0 bridgehead atoms. The molecule has 73 heavy (non-hydrogen) atoms. The van der Waals surface area contributed by atoms with Crippen molar-refractivity contribution >= 4 is 34.8 Å². The van der Waals surface area contributed by atoms with Crippen molar-refractivity contribution in [2.24, 2.45) is 5.73 Å². The highest BCUT2D eigenvalue weighted by molar-refractivity contribution is 6.02. The van der Waals surface area contributed by atoms with E-state index in [1.165, 1.54) is 55.4 Å². The van der Waals surface area contributed by atoms with Crippen molar-refractivity contribution < 1.29 is 60.1 Å². The van der Waals surface area contributed by atoms with Crippen molar-refractivity contribution in [3.8, 4) is 0 Å². The van der Waals surface area contributed by atoms with Crippen LogP contribution in [0.5, 0.6) is 0 Å². The molecule has 0 radical (unpaired) electrons. The first-order chi connectivity index (χ1) is 34.7. The lowest BCUT2D eigenvalue weighted by molar-refractivity contribution is -0.138. The van der Waals surface area contributed by atoms with E-state index in [9.17, 15) is 50.6 Å². The van der Waals surface area contributed by atoms with Crippen molar-refractivity contribution in [2.75, 3.05) is 14.2 Å². The summed E-state index contributed by atoms with van der Waals surface area (Å²) >= 11 is 0. The number of alkyl halides is 6. The number of fused-ring (bicyclic) bond motifs is 2. The van der Waals surface area contributed by atoms with E-state index in [2.05, 4.69) is 20.3 Å². The van der Waals surface area contributed by atoms with Crippen LogP contribution in [0.4, 0.5) is 26.3 Å².